The third-order valence-electron chi connectivity index (χ3n) is 1.35. The van der Waals surface area contributed by atoms with Gasteiger partial charge >= 0.3 is 0 Å². The van der Waals surface area contributed by atoms with E-state index in [4.69, 9.17) is 4.52 Å². The SMILES string of the molecule is CC.CNc1cc(C(C)(C)F)on1. The zero-order valence-electron chi connectivity index (χ0n) is 8.81. The second-order valence-corrected chi connectivity index (χ2v) is 2.80. The molecule has 0 bridgehead atoms. The van der Waals surface area contributed by atoms with Gasteiger partial charge in [0.05, 0.1) is 0 Å². The quantitative estimate of drug-likeness (QED) is 0.775. The van der Waals surface area contributed by atoms with Crippen molar-refractivity contribution >= 4 is 5.82 Å². The van der Waals surface area contributed by atoms with Crippen LogP contribution in [0.5, 0.6) is 0 Å². The Morgan fingerprint density at radius 1 is 1.46 bits per heavy atom. The molecule has 1 aromatic rings. The highest BCUT2D eigenvalue weighted by molar-refractivity contribution is 5.33. The van der Waals surface area contributed by atoms with Gasteiger partial charge in [-0.2, -0.15) is 0 Å². The maximum atomic E-state index is 13.1. The summed E-state index contributed by atoms with van der Waals surface area (Å²) in [5.41, 5.74) is -1.46. The molecule has 0 saturated heterocycles. The minimum Gasteiger partial charge on any atom is -0.370 e. The predicted octanol–water partition coefficient (Wildman–Crippen LogP) is 2.95. The predicted molar refractivity (Wildman–Crippen MR) is 51.5 cm³/mol. The molecule has 0 aliphatic heterocycles. The Labute approximate surface area is 78.3 Å². The van der Waals surface area contributed by atoms with Gasteiger partial charge in [-0.05, 0) is 13.8 Å². The average molecular weight is 188 g/mol. The molecule has 1 rings (SSSR count). The Hall–Kier alpha value is -1.06. The number of alkyl halides is 1. The second-order valence-electron chi connectivity index (χ2n) is 2.80. The minimum atomic E-state index is -1.46. The van der Waals surface area contributed by atoms with Gasteiger partial charge in [0.1, 0.15) is 0 Å². The van der Waals surface area contributed by atoms with E-state index < -0.39 is 5.67 Å². The molecule has 1 heterocycles. The van der Waals surface area contributed by atoms with E-state index in [1.807, 2.05) is 13.8 Å². The van der Waals surface area contributed by atoms with Crippen molar-refractivity contribution in [3.63, 3.8) is 0 Å². The largest absolute Gasteiger partial charge is 0.370 e. The van der Waals surface area contributed by atoms with Gasteiger partial charge in [-0.15, -0.1) is 0 Å². The Bertz CT molecular complexity index is 240. The van der Waals surface area contributed by atoms with Crippen LogP contribution in [0.2, 0.25) is 0 Å². The highest BCUT2D eigenvalue weighted by atomic mass is 19.1. The maximum Gasteiger partial charge on any atom is 0.175 e. The fourth-order valence-corrected chi connectivity index (χ4v) is 0.673. The van der Waals surface area contributed by atoms with Crippen molar-refractivity contribution in [2.45, 2.75) is 33.4 Å². The summed E-state index contributed by atoms with van der Waals surface area (Å²) in [6, 6.07) is 1.54. The zero-order valence-corrected chi connectivity index (χ0v) is 8.81. The lowest BCUT2D eigenvalue weighted by molar-refractivity contribution is 0.163. The molecule has 1 N–H and O–H groups in total. The molecule has 0 saturated carbocycles. The highest BCUT2D eigenvalue weighted by Gasteiger charge is 2.24. The van der Waals surface area contributed by atoms with Crippen LogP contribution in [0.4, 0.5) is 10.2 Å². The van der Waals surface area contributed by atoms with E-state index in [0.717, 1.165) is 0 Å². The zero-order chi connectivity index (χ0) is 10.5. The van der Waals surface area contributed by atoms with E-state index in [1.54, 1.807) is 13.1 Å². The number of aromatic nitrogens is 1. The second kappa shape index (κ2) is 4.84. The number of nitrogens with zero attached hydrogens (tertiary/aromatic N) is 1. The Morgan fingerprint density at radius 3 is 2.23 bits per heavy atom. The third-order valence-corrected chi connectivity index (χ3v) is 1.35. The topological polar surface area (TPSA) is 38.1 Å². The first-order valence-electron chi connectivity index (χ1n) is 4.38. The summed E-state index contributed by atoms with van der Waals surface area (Å²) >= 11 is 0. The summed E-state index contributed by atoms with van der Waals surface area (Å²) in [5.74, 6) is 0.785. The molecule has 0 atom stereocenters. The van der Waals surface area contributed by atoms with Crippen LogP contribution in [0.1, 0.15) is 33.5 Å². The summed E-state index contributed by atoms with van der Waals surface area (Å²) in [4.78, 5) is 0. The molecule has 4 heteroatoms. The van der Waals surface area contributed by atoms with Crippen molar-refractivity contribution in [3.8, 4) is 0 Å². The number of hydrogen-bond donors (Lipinski definition) is 1. The van der Waals surface area contributed by atoms with Crippen molar-refractivity contribution in [1.29, 1.82) is 0 Å². The van der Waals surface area contributed by atoms with E-state index >= 15 is 0 Å². The van der Waals surface area contributed by atoms with E-state index in [2.05, 4.69) is 10.5 Å². The molecule has 0 aliphatic rings. The standard InChI is InChI=1S/C7H11FN2O.C2H6/c1-7(2,8)5-4-6(9-3)10-11-5;1-2/h4H,1-3H3,(H,9,10);1-2H3. The van der Waals surface area contributed by atoms with Gasteiger partial charge in [0.2, 0.25) is 0 Å². The fraction of sp³-hybridized carbons (Fsp3) is 0.667. The van der Waals surface area contributed by atoms with Crippen LogP contribution in [-0.4, -0.2) is 12.2 Å². The van der Waals surface area contributed by atoms with E-state index in [0.29, 0.717) is 5.82 Å². The number of anilines is 1. The summed E-state index contributed by atoms with van der Waals surface area (Å²) < 4.78 is 17.8. The number of hydrogen-bond acceptors (Lipinski definition) is 3. The lowest BCUT2D eigenvalue weighted by atomic mass is 10.1. The third kappa shape index (κ3) is 3.44. The lowest BCUT2D eigenvalue weighted by Gasteiger charge is -2.06. The Balaban J connectivity index is 0.000000671. The average Bonchev–Trinajstić information content (AvgIpc) is 2.54. The molecule has 3 nitrogen and oxygen atoms in total. The monoisotopic (exact) mass is 188 g/mol. The molecule has 0 unspecified atom stereocenters. The van der Waals surface area contributed by atoms with Crippen LogP contribution in [0.15, 0.2) is 10.6 Å². The van der Waals surface area contributed by atoms with Crippen molar-refractivity contribution in [3.05, 3.63) is 11.8 Å². The van der Waals surface area contributed by atoms with Crippen LogP contribution in [-0.2, 0) is 5.67 Å². The van der Waals surface area contributed by atoms with Crippen molar-refractivity contribution in [2.24, 2.45) is 0 Å². The fourth-order valence-electron chi connectivity index (χ4n) is 0.673. The molecular formula is C9H17FN2O. The number of halogens is 1. The number of rotatable bonds is 2. The number of nitrogens with one attached hydrogen (secondary N) is 1. The van der Waals surface area contributed by atoms with Crippen molar-refractivity contribution in [1.82, 2.24) is 5.16 Å². The molecule has 0 aromatic carbocycles. The summed E-state index contributed by atoms with van der Waals surface area (Å²) in [5, 5.41) is 6.32. The molecule has 0 aliphatic carbocycles. The first-order valence-corrected chi connectivity index (χ1v) is 4.38. The first kappa shape index (κ1) is 11.9. The van der Waals surface area contributed by atoms with Crippen molar-refractivity contribution in [2.75, 3.05) is 12.4 Å². The van der Waals surface area contributed by atoms with Gasteiger partial charge < -0.3 is 9.84 Å². The smallest absolute Gasteiger partial charge is 0.175 e. The van der Waals surface area contributed by atoms with Gasteiger partial charge in [0.25, 0.3) is 0 Å². The van der Waals surface area contributed by atoms with Gasteiger partial charge in [-0.3, -0.25) is 0 Å². The molecule has 0 amide bonds. The molecular weight excluding hydrogens is 171 g/mol. The Morgan fingerprint density at radius 2 is 2.00 bits per heavy atom. The normalized spacial score (nSPS) is 10.3. The first-order chi connectivity index (χ1) is 6.04. The van der Waals surface area contributed by atoms with E-state index in [1.165, 1.54) is 13.8 Å². The van der Waals surface area contributed by atoms with Crippen LogP contribution >= 0.6 is 0 Å². The van der Waals surface area contributed by atoms with Gasteiger partial charge in [-0.1, -0.05) is 19.0 Å². The minimum absolute atomic E-state index is 0.238. The summed E-state index contributed by atoms with van der Waals surface area (Å²) in [6.45, 7) is 6.85. The van der Waals surface area contributed by atoms with Gasteiger partial charge in [0.15, 0.2) is 17.2 Å². The molecule has 0 radical (unpaired) electrons. The molecule has 0 spiro atoms. The van der Waals surface area contributed by atoms with E-state index in [-0.39, 0.29) is 5.76 Å². The molecule has 76 valence electrons. The Kier molecular flexibility index (Phi) is 4.45. The molecule has 13 heavy (non-hydrogen) atoms. The highest BCUT2D eigenvalue weighted by Crippen LogP contribution is 2.25. The van der Waals surface area contributed by atoms with Crippen molar-refractivity contribution < 1.29 is 8.91 Å². The van der Waals surface area contributed by atoms with Crippen LogP contribution in [0.3, 0.4) is 0 Å². The molecule has 0 fully saturated rings. The van der Waals surface area contributed by atoms with Crippen LogP contribution in [0.25, 0.3) is 0 Å². The van der Waals surface area contributed by atoms with Gasteiger partial charge in [0, 0.05) is 13.1 Å². The summed E-state index contributed by atoms with van der Waals surface area (Å²) in [6.07, 6.45) is 0. The van der Waals surface area contributed by atoms with Crippen LogP contribution < -0.4 is 5.32 Å². The summed E-state index contributed by atoms with van der Waals surface area (Å²) in [7, 11) is 1.70. The maximum absolute atomic E-state index is 13.1. The van der Waals surface area contributed by atoms with Crippen LogP contribution in [0, 0.1) is 0 Å². The van der Waals surface area contributed by atoms with Gasteiger partial charge in [-0.25, -0.2) is 4.39 Å². The van der Waals surface area contributed by atoms with E-state index in [9.17, 15) is 4.39 Å². The lowest BCUT2D eigenvalue weighted by Crippen LogP contribution is -2.06. The molecule has 1 aromatic heterocycles.